The molecule has 1 aliphatic carbocycles. The molecule has 12 rings (SSSR count). The van der Waals surface area contributed by atoms with E-state index in [1.54, 1.807) is 0 Å². The van der Waals surface area contributed by atoms with Gasteiger partial charge in [-0.05, 0) is 116 Å². The van der Waals surface area contributed by atoms with Gasteiger partial charge in [0.25, 0.3) is 15.2 Å². The molecule has 3 aromatic heterocycles. The van der Waals surface area contributed by atoms with E-state index in [1.807, 2.05) is 0 Å². The maximum atomic E-state index is 14.7. The molecule has 560 valence electrons. The number of rotatable bonds is 14. The van der Waals surface area contributed by atoms with E-state index in [0.717, 1.165) is 40.8 Å². The molecule has 0 spiro atoms. The average Bonchev–Trinajstić information content (AvgIpc) is 0.855. The lowest BCUT2D eigenvalue weighted by Crippen LogP contribution is -2.38. The lowest BCUT2D eigenvalue weighted by molar-refractivity contribution is -0.126. The molecule has 6 fully saturated rings. The van der Waals surface area contributed by atoms with Gasteiger partial charge in [-0.1, -0.05) is 29.8 Å². The van der Waals surface area contributed by atoms with Crippen molar-refractivity contribution >= 4 is 87.3 Å². The quantitative estimate of drug-likeness (QED) is 0.0278. The summed E-state index contributed by atoms with van der Waals surface area (Å²) in [6.45, 7) is 0.264. The summed E-state index contributed by atoms with van der Waals surface area (Å²) in [4.78, 5) is 135. The lowest BCUT2D eigenvalue weighted by atomic mass is 10.2. The van der Waals surface area contributed by atoms with Gasteiger partial charge in [0.05, 0.1) is 17.7 Å². The number of pyridine rings is 3. The molecule has 1 saturated carbocycles. The van der Waals surface area contributed by atoms with Crippen LogP contribution >= 0.6 is 57.2 Å². The van der Waals surface area contributed by atoms with Crippen LogP contribution in [0, 0.1) is 11.6 Å². The zero-order chi connectivity index (χ0) is 75.6. The Morgan fingerprint density at radius 3 is 1.36 bits per heavy atom. The fraction of sp³-hybridized carbons (Fsp3) is 0.356. The van der Waals surface area contributed by atoms with E-state index in [9.17, 15) is 105 Å². The first-order valence-corrected chi connectivity index (χ1v) is 40.5. The van der Waals surface area contributed by atoms with E-state index in [4.69, 9.17) is 62.4 Å². The normalized spacial score (nSPS) is 31.2. The van der Waals surface area contributed by atoms with Crippen LogP contribution in [0.2, 0.25) is 5.02 Å². The molecule has 6 aliphatic rings. The molecule has 9 N–H and O–H groups in total. The largest absolute Gasteiger partial charge is 0.514 e. The number of carbonyl (C=O) groups excluding carboxylic acids is 5. The van der Waals surface area contributed by atoms with Crippen LogP contribution in [-0.2, 0) is 88.1 Å². The highest BCUT2D eigenvalue weighted by molar-refractivity contribution is 7.74. The Hall–Kier alpha value is -7.01. The maximum Gasteiger partial charge on any atom is 0.514 e. The molecule has 6 aromatic rings. The molecule has 3 aromatic carbocycles. The van der Waals surface area contributed by atoms with Gasteiger partial charge in [0.15, 0.2) is 11.6 Å². The molecule has 6 atom stereocenters. The van der Waals surface area contributed by atoms with Crippen molar-refractivity contribution in [1.29, 1.82) is 0 Å². The van der Waals surface area contributed by atoms with Gasteiger partial charge < -0.3 is 68.4 Å². The number of ether oxygens (including phenoxy) is 5. The summed E-state index contributed by atoms with van der Waals surface area (Å²) in [5, 5.41) is 22.2. The predicted molar refractivity (Wildman–Crippen MR) is 346 cm³/mol. The third kappa shape index (κ3) is 16.9. The van der Waals surface area contributed by atoms with E-state index in [2.05, 4.69) is 15.0 Å². The van der Waals surface area contributed by atoms with E-state index in [-0.39, 0.29) is 71.5 Å². The van der Waals surface area contributed by atoms with Crippen LogP contribution in [0.4, 0.5) is 23.2 Å². The smallest absolute Gasteiger partial charge is 0.497 e. The fourth-order valence-electron chi connectivity index (χ4n) is 10.8. The first-order chi connectivity index (χ1) is 48.8. The number of methoxy groups -OCH3 is 1. The van der Waals surface area contributed by atoms with Crippen molar-refractivity contribution in [2.45, 2.75) is 111 Å². The van der Waals surface area contributed by atoms with Crippen molar-refractivity contribution in [3.63, 3.8) is 0 Å². The zero-order valence-corrected chi connectivity index (χ0v) is 59.7. The number of amides is 4. The van der Waals surface area contributed by atoms with Crippen molar-refractivity contribution in [2.75, 3.05) is 20.2 Å². The third-order valence-corrected chi connectivity index (χ3v) is 30.4. The Kier molecular flexibility index (Phi) is 24.0. The Balaban J connectivity index is 0.000000167. The lowest BCUT2D eigenvalue weighted by Gasteiger charge is -2.41. The van der Waals surface area contributed by atoms with Crippen molar-refractivity contribution < 1.29 is 156 Å². The summed E-state index contributed by atoms with van der Waals surface area (Å²) < 4.78 is 162. The number of carbonyl (C=O) groups is 5. The SMILES string of the molecule is COc1ccc(OC(=O)OC2CCCC2)c(C2OP(=O)(O)C(O)(Cc3cccnc3)P(=O)(O)O2)c1.O=C1CCCN1C(=O)Oc1c(F)cc(C2OP(=O)(O)C(O)(Cc3cccnc3)P(=O)(O)O2)cc1Cl.O=C1CCCN1C(=O)Oc1ccc(C2OP(=O)(O)C(O)(Cc3cccnc3)P(=O)(O)O2)c(F)c1. The Bertz CT molecular complexity index is 4480. The number of hydrogen-bond donors (Lipinski definition) is 9. The van der Waals surface area contributed by atoms with Gasteiger partial charge in [-0.3, -0.25) is 79.1 Å². The van der Waals surface area contributed by atoms with Gasteiger partial charge in [-0.15, -0.1) is 0 Å². The summed E-state index contributed by atoms with van der Waals surface area (Å²) in [7, 11) is -30.4. The van der Waals surface area contributed by atoms with Crippen LogP contribution in [-0.4, -0.2) is 141 Å². The van der Waals surface area contributed by atoms with Gasteiger partial charge in [0.2, 0.25) is 30.7 Å². The summed E-state index contributed by atoms with van der Waals surface area (Å²) >= 11 is 6.00. The summed E-state index contributed by atoms with van der Waals surface area (Å²) in [6.07, 6.45) is 0.363. The topological polar surface area (TPSA) is 517 Å². The highest BCUT2D eigenvalue weighted by Gasteiger charge is 2.70. The van der Waals surface area contributed by atoms with Gasteiger partial charge in [0.1, 0.15) is 29.2 Å². The zero-order valence-electron chi connectivity index (χ0n) is 53.6. The van der Waals surface area contributed by atoms with Crippen LogP contribution in [0.1, 0.15) is 104 Å². The minimum absolute atomic E-state index is 0.0955. The minimum atomic E-state index is -5.31. The van der Waals surface area contributed by atoms with E-state index in [1.165, 1.54) is 98.9 Å². The summed E-state index contributed by atoms with van der Waals surface area (Å²) in [6, 6.07) is 16.8. The molecule has 36 nitrogen and oxygen atoms in total. The number of aromatic nitrogens is 3. The molecular formula is C59H62ClF2N5O31P6. The standard InChI is InChI=1S/C21H25NO11P2.C19H18ClFN2O10P2.C19H19FN2O10P2/c1-29-16-8-9-18(31-20(23)30-15-6-2-3-7-15)17(11-16)19-32-34(25,26)21(24,35(27,28)33-19)12-14-5-4-10-22-13-14;20-13-7-12(8-14(21)16(13)31-18(25)23-6-2-4-15(23)24)17-32-34(27,28)19(26,35(29,30)33-17)9-11-3-1-5-22-10-11;20-15-9-13(30-18(24)22-8-2-4-16(22)23)5-6-14(15)17-31-33(26,27)19(25,34(28,29)32-17)10-12-3-1-7-21-11-12/h4-5,8-11,13,15,19,24H,2-3,6-7,12H2,1H3,(H,25,26)(H,27,28);1,3,5,7-8,10,17,26H,2,4,6,9H2,(H,27,28)(H,29,30);1,3,5-7,9,11,17,25H,2,4,8,10H2,(H,26,27)(H,28,29). The van der Waals surface area contributed by atoms with Gasteiger partial charge in [-0.2, -0.15) is 0 Å². The van der Waals surface area contributed by atoms with Crippen LogP contribution in [0.5, 0.6) is 23.0 Å². The van der Waals surface area contributed by atoms with Crippen molar-refractivity contribution in [2.24, 2.45) is 0 Å². The molecule has 104 heavy (non-hydrogen) atoms. The van der Waals surface area contributed by atoms with Gasteiger partial charge in [0, 0.05) is 99.6 Å². The first kappa shape index (κ1) is 79.6. The first-order valence-electron chi connectivity index (χ1n) is 30.6. The number of imide groups is 2. The second kappa shape index (κ2) is 31.4. The van der Waals surface area contributed by atoms with Crippen LogP contribution in [0.3, 0.4) is 0 Å². The average molecular weight is 1600 g/mol. The van der Waals surface area contributed by atoms with Crippen LogP contribution < -0.4 is 18.9 Å². The van der Waals surface area contributed by atoms with Crippen LogP contribution in [0.25, 0.3) is 0 Å². The molecule has 5 saturated heterocycles. The molecule has 6 unspecified atom stereocenters. The van der Waals surface area contributed by atoms with Crippen molar-refractivity contribution in [3.05, 3.63) is 172 Å². The van der Waals surface area contributed by atoms with Gasteiger partial charge >= 0.3 is 63.9 Å². The Labute approximate surface area is 591 Å². The Morgan fingerprint density at radius 2 is 0.962 bits per heavy atom. The van der Waals surface area contributed by atoms with Crippen molar-refractivity contribution in [1.82, 2.24) is 24.8 Å². The summed E-state index contributed by atoms with van der Waals surface area (Å²) in [5.74, 6) is -4.39. The molecule has 0 bridgehead atoms. The monoisotopic (exact) mass is 1600 g/mol. The number of likely N-dealkylation sites (tertiary alicyclic amines) is 2. The van der Waals surface area contributed by atoms with Gasteiger partial charge in [-0.25, -0.2) is 33.0 Å². The maximum absolute atomic E-state index is 14.7. The number of hydrogen-bond acceptors (Lipinski definition) is 28. The molecule has 45 heteroatoms. The summed E-state index contributed by atoms with van der Waals surface area (Å²) in [5.41, 5.74) is -0.696. The molecule has 4 amide bonds. The number of halogens is 3. The molecular weight excluding hydrogens is 1530 g/mol. The molecule has 0 radical (unpaired) electrons. The molecule has 5 aliphatic heterocycles. The molecule has 8 heterocycles. The number of nitrogens with zero attached hydrogens (tertiary/aromatic N) is 5. The highest BCUT2D eigenvalue weighted by Crippen LogP contribution is 2.81. The number of aliphatic hydroxyl groups is 3. The third-order valence-electron chi connectivity index (χ3n) is 16.4. The predicted octanol–water partition coefficient (Wildman–Crippen LogP) is 9.80. The van der Waals surface area contributed by atoms with E-state index < -0.39 is 163 Å². The van der Waals surface area contributed by atoms with E-state index in [0.29, 0.717) is 37.8 Å². The highest BCUT2D eigenvalue weighted by atomic mass is 35.5. The Morgan fingerprint density at radius 1 is 0.538 bits per heavy atom. The van der Waals surface area contributed by atoms with Crippen molar-refractivity contribution in [3.8, 4) is 23.0 Å². The van der Waals surface area contributed by atoms with Crippen LogP contribution in [0.15, 0.2) is 122 Å². The fourth-order valence-corrected chi connectivity index (χ4v) is 21.8. The second-order valence-electron chi connectivity index (χ2n) is 23.5. The second-order valence-corrected chi connectivity index (χ2v) is 36.9. The minimum Gasteiger partial charge on any atom is -0.497 e. The van der Waals surface area contributed by atoms with E-state index >= 15 is 0 Å². The number of benzene rings is 3.